The van der Waals surface area contributed by atoms with Crippen molar-refractivity contribution in [2.45, 2.75) is 38.2 Å². The number of pyridine rings is 1. The van der Waals surface area contributed by atoms with Gasteiger partial charge in [0.25, 0.3) is 0 Å². The third-order valence-corrected chi connectivity index (χ3v) is 7.90. The van der Waals surface area contributed by atoms with E-state index in [-0.39, 0.29) is 23.0 Å². The lowest BCUT2D eigenvalue weighted by Crippen LogP contribution is -2.36. The molecule has 2 N–H and O–H groups in total. The molecule has 1 atom stereocenters. The number of hydrogen-bond acceptors (Lipinski definition) is 7. The number of carbonyl (C=O) groups excluding carboxylic acids is 2. The molecule has 1 spiro atoms. The largest absolute Gasteiger partial charge is 0.493 e. The van der Waals surface area contributed by atoms with Gasteiger partial charge < -0.3 is 29.6 Å². The summed E-state index contributed by atoms with van der Waals surface area (Å²) in [6.45, 7) is 1.19. The lowest BCUT2D eigenvalue weighted by atomic mass is 9.91. The Bertz CT molecular complexity index is 1640. The lowest BCUT2D eigenvalue weighted by molar-refractivity contribution is -0.123. The zero-order valence-electron chi connectivity index (χ0n) is 23.7. The maximum absolute atomic E-state index is 15.1. The van der Waals surface area contributed by atoms with Crippen molar-refractivity contribution in [2.24, 2.45) is 5.41 Å². The molecule has 4 aromatic rings. The molecule has 9 nitrogen and oxygen atoms in total. The fourth-order valence-electron chi connectivity index (χ4n) is 5.46. The number of fused-ring (bicyclic) bond motifs is 1. The van der Waals surface area contributed by atoms with Crippen LogP contribution in [-0.4, -0.2) is 43.2 Å². The van der Waals surface area contributed by atoms with Crippen LogP contribution in [0.25, 0.3) is 10.9 Å². The number of nitrogens with zero attached hydrogens (tertiary/aromatic N) is 1. The molecule has 1 saturated heterocycles. The smallest absolute Gasteiger partial charge is 0.233 e. The van der Waals surface area contributed by atoms with Crippen LogP contribution >= 0.6 is 0 Å². The number of ether oxygens (including phenoxy) is 4. The van der Waals surface area contributed by atoms with E-state index in [1.165, 1.54) is 31.4 Å². The van der Waals surface area contributed by atoms with Crippen LogP contribution in [0.2, 0.25) is 0 Å². The van der Waals surface area contributed by atoms with Crippen LogP contribution < -0.4 is 24.8 Å². The van der Waals surface area contributed by atoms with Gasteiger partial charge in [0.15, 0.2) is 23.1 Å². The molecular formula is C33H32FN3O6. The minimum Gasteiger partial charge on any atom is -0.493 e. The van der Waals surface area contributed by atoms with E-state index < -0.39 is 24.1 Å². The Labute approximate surface area is 248 Å². The van der Waals surface area contributed by atoms with Crippen LogP contribution in [0.1, 0.15) is 32.1 Å². The quantitative estimate of drug-likeness (QED) is 0.205. The van der Waals surface area contributed by atoms with E-state index >= 15 is 4.39 Å². The van der Waals surface area contributed by atoms with Crippen molar-refractivity contribution in [2.75, 3.05) is 31.0 Å². The number of para-hydroxylation sites is 1. The van der Waals surface area contributed by atoms with Crippen LogP contribution in [0.4, 0.5) is 15.8 Å². The number of aromatic nitrogens is 1. The molecule has 1 aliphatic carbocycles. The summed E-state index contributed by atoms with van der Waals surface area (Å²) >= 11 is 0. The summed E-state index contributed by atoms with van der Waals surface area (Å²) in [6.07, 6.45) is 5.83. The average molecular weight is 586 g/mol. The Morgan fingerprint density at radius 2 is 1.72 bits per heavy atom. The van der Waals surface area contributed by atoms with Crippen LogP contribution in [-0.2, 0) is 14.3 Å². The van der Waals surface area contributed by atoms with E-state index in [2.05, 4.69) is 15.6 Å². The molecule has 2 heterocycles. The van der Waals surface area contributed by atoms with Crippen LogP contribution in [0, 0.1) is 11.2 Å². The number of carbonyl (C=O) groups is 2. The molecule has 0 bridgehead atoms. The first-order valence-electron chi connectivity index (χ1n) is 14.3. The second-order valence-electron chi connectivity index (χ2n) is 10.9. The van der Waals surface area contributed by atoms with E-state index in [9.17, 15) is 9.59 Å². The van der Waals surface area contributed by atoms with Crippen molar-refractivity contribution < 1.29 is 32.9 Å². The summed E-state index contributed by atoms with van der Waals surface area (Å²) in [7, 11) is 1.56. The standard InChI is InChI=1S/C33H32FN3O6/c1-40-28-17-23-25(18-29(28)42-20-30-33(12-13-33)11-5-15-41-30)35-14-10-26(23)43-27-9-8-22(16-24(27)34)37-32(39)19-31(38)36-21-6-3-2-4-7-21/h2-4,6-10,14,16-18,30H,5,11-13,15,19-20H2,1H3,(H,36,38)(H,37,39). The zero-order chi connectivity index (χ0) is 29.8. The number of rotatable bonds is 10. The van der Waals surface area contributed by atoms with Crippen LogP contribution in [0.3, 0.4) is 0 Å². The van der Waals surface area contributed by atoms with Gasteiger partial charge in [-0.3, -0.25) is 14.6 Å². The molecule has 6 rings (SSSR count). The van der Waals surface area contributed by atoms with E-state index in [0.29, 0.717) is 40.4 Å². The fourth-order valence-corrected chi connectivity index (χ4v) is 5.46. The first kappa shape index (κ1) is 28.4. The zero-order valence-corrected chi connectivity index (χ0v) is 23.7. The first-order valence-corrected chi connectivity index (χ1v) is 14.3. The minimum atomic E-state index is -0.690. The number of amides is 2. The van der Waals surface area contributed by atoms with Crippen molar-refractivity contribution in [1.82, 2.24) is 4.98 Å². The normalized spacial score (nSPS) is 16.8. The predicted octanol–water partition coefficient (Wildman–Crippen LogP) is 6.48. The predicted molar refractivity (Wildman–Crippen MR) is 159 cm³/mol. The number of benzene rings is 3. The first-order chi connectivity index (χ1) is 20.9. The number of hydrogen-bond donors (Lipinski definition) is 2. The van der Waals surface area contributed by atoms with Crippen LogP contribution in [0.15, 0.2) is 72.9 Å². The minimum absolute atomic E-state index is 0.0456. The highest BCUT2D eigenvalue weighted by molar-refractivity contribution is 6.08. The van der Waals surface area contributed by atoms with Gasteiger partial charge >= 0.3 is 0 Å². The Morgan fingerprint density at radius 3 is 2.47 bits per heavy atom. The molecule has 2 aliphatic rings. The third kappa shape index (κ3) is 6.54. The Kier molecular flexibility index (Phi) is 8.11. The van der Waals surface area contributed by atoms with E-state index in [4.69, 9.17) is 18.9 Å². The van der Waals surface area contributed by atoms with Gasteiger partial charge in [-0.25, -0.2) is 4.39 Å². The molecular weight excluding hydrogens is 553 g/mol. The molecule has 10 heteroatoms. The molecule has 1 unspecified atom stereocenters. The highest BCUT2D eigenvalue weighted by Gasteiger charge is 2.51. The Balaban J connectivity index is 1.12. The summed E-state index contributed by atoms with van der Waals surface area (Å²) < 4.78 is 38.8. The topological polar surface area (TPSA) is 108 Å². The SMILES string of the molecule is COc1cc2c(Oc3ccc(NC(=O)CC(=O)Nc4ccccc4)cc3F)ccnc2cc1OCC1OCCCC12CC2. The summed E-state index contributed by atoms with van der Waals surface area (Å²) in [5.74, 6) is -0.369. The Morgan fingerprint density at radius 1 is 0.930 bits per heavy atom. The second-order valence-corrected chi connectivity index (χ2v) is 10.9. The number of nitrogens with one attached hydrogen (secondary N) is 2. The van der Waals surface area contributed by atoms with Gasteiger partial charge in [-0.1, -0.05) is 18.2 Å². The maximum atomic E-state index is 15.1. The van der Waals surface area contributed by atoms with Gasteiger partial charge in [0.05, 0.1) is 18.7 Å². The molecule has 2 fully saturated rings. The molecule has 1 aliphatic heterocycles. The van der Waals surface area contributed by atoms with E-state index in [1.54, 1.807) is 55.8 Å². The van der Waals surface area contributed by atoms with Crippen molar-refractivity contribution >= 4 is 34.1 Å². The highest BCUT2D eigenvalue weighted by atomic mass is 19.1. The van der Waals surface area contributed by atoms with Crippen LogP contribution in [0.5, 0.6) is 23.0 Å². The Hall–Kier alpha value is -4.70. The molecule has 2 amide bonds. The summed E-state index contributed by atoms with van der Waals surface area (Å²) in [6, 6.07) is 18.0. The molecule has 1 aromatic heterocycles. The molecule has 43 heavy (non-hydrogen) atoms. The molecule has 222 valence electrons. The number of halogens is 1. The van der Waals surface area contributed by atoms with Gasteiger partial charge in [0.2, 0.25) is 11.8 Å². The molecule has 3 aromatic carbocycles. The second kappa shape index (κ2) is 12.3. The van der Waals surface area contributed by atoms with Crippen molar-refractivity contribution in [3.05, 3.63) is 78.7 Å². The van der Waals surface area contributed by atoms with Gasteiger partial charge in [0, 0.05) is 47.1 Å². The number of anilines is 2. The molecule has 0 radical (unpaired) electrons. The van der Waals surface area contributed by atoms with Crippen molar-refractivity contribution in [3.63, 3.8) is 0 Å². The van der Waals surface area contributed by atoms with Gasteiger partial charge in [-0.2, -0.15) is 0 Å². The maximum Gasteiger partial charge on any atom is 0.233 e. The summed E-state index contributed by atoms with van der Waals surface area (Å²) in [4.78, 5) is 29.0. The summed E-state index contributed by atoms with van der Waals surface area (Å²) in [5, 5.41) is 5.79. The van der Waals surface area contributed by atoms with Gasteiger partial charge in [0.1, 0.15) is 18.8 Å². The molecule has 1 saturated carbocycles. The van der Waals surface area contributed by atoms with Crippen molar-refractivity contribution in [1.29, 1.82) is 0 Å². The van der Waals surface area contributed by atoms with Gasteiger partial charge in [-0.15, -0.1) is 0 Å². The van der Waals surface area contributed by atoms with Gasteiger partial charge in [-0.05, 0) is 62.1 Å². The third-order valence-electron chi connectivity index (χ3n) is 7.90. The number of methoxy groups -OCH3 is 1. The fraction of sp³-hybridized carbons (Fsp3) is 0.303. The van der Waals surface area contributed by atoms with E-state index in [0.717, 1.165) is 19.1 Å². The average Bonchev–Trinajstić information content (AvgIpc) is 3.77. The summed E-state index contributed by atoms with van der Waals surface area (Å²) in [5.41, 5.74) is 1.62. The lowest BCUT2D eigenvalue weighted by Gasteiger charge is -2.31. The van der Waals surface area contributed by atoms with Crippen molar-refractivity contribution in [3.8, 4) is 23.0 Å². The monoisotopic (exact) mass is 585 g/mol. The highest BCUT2D eigenvalue weighted by Crippen LogP contribution is 2.55. The van der Waals surface area contributed by atoms with E-state index in [1.807, 2.05) is 6.07 Å².